The number of amides is 1. The molecule has 5 heteroatoms. The maximum absolute atomic E-state index is 12.8. The summed E-state index contributed by atoms with van der Waals surface area (Å²) in [7, 11) is 0. The SMILES string of the molecule is CCN1CCN(C(=O)c2cc(C)sc2C)CC12CCOC2. The Morgan fingerprint density at radius 3 is 2.81 bits per heavy atom. The first-order valence-electron chi connectivity index (χ1n) is 7.75. The van der Waals surface area contributed by atoms with Gasteiger partial charge < -0.3 is 9.64 Å². The van der Waals surface area contributed by atoms with Crippen LogP contribution in [0.3, 0.4) is 0 Å². The van der Waals surface area contributed by atoms with Crippen molar-refractivity contribution in [3.63, 3.8) is 0 Å². The summed E-state index contributed by atoms with van der Waals surface area (Å²) < 4.78 is 5.65. The Balaban J connectivity index is 1.81. The summed E-state index contributed by atoms with van der Waals surface area (Å²) in [5.74, 6) is 0.193. The van der Waals surface area contributed by atoms with E-state index in [-0.39, 0.29) is 11.4 Å². The van der Waals surface area contributed by atoms with Gasteiger partial charge in [-0.15, -0.1) is 11.3 Å². The lowest BCUT2D eigenvalue weighted by Gasteiger charge is -2.48. The van der Waals surface area contributed by atoms with E-state index in [9.17, 15) is 4.79 Å². The zero-order valence-corrected chi connectivity index (χ0v) is 14.0. The number of thiophene rings is 1. The first-order valence-corrected chi connectivity index (χ1v) is 8.56. The second kappa shape index (κ2) is 5.71. The van der Waals surface area contributed by atoms with Crippen LogP contribution in [0.25, 0.3) is 0 Å². The van der Waals surface area contributed by atoms with Crippen LogP contribution in [0.15, 0.2) is 6.07 Å². The minimum atomic E-state index is 0.0433. The van der Waals surface area contributed by atoms with Crippen LogP contribution < -0.4 is 0 Å². The minimum absolute atomic E-state index is 0.0433. The van der Waals surface area contributed by atoms with Crippen molar-refractivity contribution in [2.24, 2.45) is 0 Å². The van der Waals surface area contributed by atoms with Gasteiger partial charge in [0, 0.05) is 36.0 Å². The molecule has 2 aliphatic heterocycles. The number of rotatable bonds is 2. The highest BCUT2D eigenvalue weighted by atomic mass is 32.1. The average molecular weight is 308 g/mol. The molecule has 0 aliphatic carbocycles. The van der Waals surface area contributed by atoms with E-state index >= 15 is 0 Å². The first kappa shape index (κ1) is 15.0. The van der Waals surface area contributed by atoms with E-state index in [0.717, 1.165) is 56.3 Å². The number of nitrogens with zero attached hydrogens (tertiary/aromatic N) is 2. The number of ether oxygens (including phenoxy) is 1. The second-order valence-corrected chi connectivity index (χ2v) is 7.62. The lowest BCUT2D eigenvalue weighted by molar-refractivity contribution is -0.00223. The van der Waals surface area contributed by atoms with Crippen molar-refractivity contribution in [1.29, 1.82) is 0 Å². The van der Waals surface area contributed by atoms with E-state index in [0.29, 0.717) is 0 Å². The molecule has 0 bridgehead atoms. The van der Waals surface area contributed by atoms with Crippen LogP contribution in [0.5, 0.6) is 0 Å². The molecular weight excluding hydrogens is 284 g/mol. The van der Waals surface area contributed by atoms with Gasteiger partial charge in [0.2, 0.25) is 0 Å². The second-order valence-electron chi connectivity index (χ2n) is 6.16. The summed E-state index contributed by atoms with van der Waals surface area (Å²) in [4.78, 5) is 19.7. The molecule has 3 rings (SSSR count). The van der Waals surface area contributed by atoms with Gasteiger partial charge in [-0.2, -0.15) is 0 Å². The molecule has 1 atom stereocenters. The highest BCUT2D eigenvalue weighted by molar-refractivity contribution is 7.12. The maximum Gasteiger partial charge on any atom is 0.255 e. The predicted molar refractivity (Wildman–Crippen MR) is 85.1 cm³/mol. The summed E-state index contributed by atoms with van der Waals surface area (Å²) in [6, 6.07) is 2.03. The lowest BCUT2D eigenvalue weighted by Crippen LogP contribution is -2.63. The smallest absolute Gasteiger partial charge is 0.255 e. The molecule has 21 heavy (non-hydrogen) atoms. The minimum Gasteiger partial charge on any atom is -0.379 e. The average Bonchev–Trinajstić information content (AvgIpc) is 3.05. The summed E-state index contributed by atoms with van der Waals surface area (Å²) in [6.45, 7) is 11.5. The number of piperazine rings is 1. The van der Waals surface area contributed by atoms with Gasteiger partial charge in [0.05, 0.1) is 17.7 Å². The molecule has 1 spiro atoms. The molecule has 2 aliphatic rings. The number of carbonyl (C=O) groups is 1. The fourth-order valence-corrected chi connectivity index (χ4v) is 4.58. The Kier molecular flexibility index (Phi) is 4.08. The van der Waals surface area contributed by atoms with Gasteiger partial charge >= 0.3 is 0 Å². The van der Waals surface area contributed by atoms with Crippen molar-refractivity contribution >= 4 is 17.2 Å². The Morgan fingerprint density at radius 1 is 1.43 bits per heavy atom. The van der Waals surface area contributed by atoms with E-state index in [4.69, 9.17) is 4.74 Å². The summed E-state index contributed by atoms with van der Waals surface area (Å²) in [5, 5.41) is 0. The number of carbonyl (C=O) groups excluding carboxylic acids is 1. The zero-order chi connectivity index (χ0) is 15.0. The molecule has 2 saturated heterocycles. The third-order valence-electron chi connectivity index (χ3n) is 4.82. The topological polar surface area (TPSA) is 32.8 Å². The van der Waals surface area contributed by atoms with Gasteiger partial charge in [-0.1, -0.05) is 6.92 Å². The standard InChI is InChI=1S/C16H24N2O2S/c1-4-18-7-6-17(10-16(18)5-8-20-11-16)15(19)14-9-12(2)21-13(14)3/h9H,4-8,10-11H2,1-3H3. The van der Waals surface area contributed by atoms with Crippen molar-refractivity contribution in [2.75, 3.05) is 39.4 Å². The molecule has 0 saturated carbocycles. The molecule has 3 heterocycles. The quantitative estimate of drug-likeness (QED) is 0.840. The van der Waals surface area contributed by atoms with Crippen LogP contribution in [0.2, 0.25) is 0 Å². The van der Waals surface area contributed by atoms with Crippen molar-refractivity contribution < 1.29 is 9.53 Å². The molecule has 0 radical (unpaired) electrons. The fraction of sp³-hybridized carbons (Fsp3) is 0.688. The summed E-state index contributed by atoms with van der Waals surface area (Å²) in [5.41, 5.74) is 0.929. The van der Waals surface area contributed by atoms with E-state index in [2.05, 4.69) is 18.7 Å². The van der Waals surface area contributed by atoms with E-state index in [1.807, 2.05) is 17.9 Å². The van der Waals surface area contributed by atoms with Crippen LogP contribution in [0.4, 0.5) is 0 Å². The molecular formula is C16H24N2O2S. The molecule has 1 aromatic rings. The number of likely N-dealkylation sites (N-methyl/N-ethyl adjacent to an activating group) is 1. The largest absolute Gasteiger partial charge is 0.379 e. The molecule has 1 aromatic heterocycles. The monoisotopic (exact) mass is 308 g/mol. The van der Waals surface area contributed by atoms with Gasteiger partial charge in [0.15, 0.2) is 0 Å². The van der Waals surface area contributed by atoms with Gasteiger partial charge in [-0.25, -0.2) is 0 Å². The van der Waals surface area contributed by atoms with Crippen molar-refractivity contribution in [3.05, 3.63) is 21.4 Å². The Morgan fingerprint density at radius 2 is 2.24 bits per heavy atom. The maximum atomic E-state index is 12.8. The van der Waals surface area contributed by atoms with Crippen molar-refractivity contribution in [1.82, 2.24) is 9.80 Å². The molecule has 4 nitrogen and oxygen atoms in total. The van der Waals surface area contributed by atoms with E-state index in [1.54, 1.807) is 11.3 Å². The van der Waals surface area contributed by atoms with Crippen molar-refractivity contribution in [2.45, 2.75) is 32.7 Å². The highest BCUT2D eigenvalue weighted by Crippen LogP contribution is 2.31. The van der Waals surface area contributed by atoms with Crippen LogP contribution in [0.1, 0.15) is 33.5 Å². The third-order valence-corrected chi connectivity index (χ3v) is 5.78. The van der Waals surface area contributed by atoms with Gasteiger partial charge in [-0.05, 0) is 32.9 Å². The highest BCUT2D eigenvalue weighted by Gasteiger charge is 2.45. The van der Waals surface area contributed by atoms with Gasteiger partial charge in [0.25, 0.3) is 5.91 Å². The Labute approximate surface area is 130 Å². The number of aryl methyl sites for hydroxylation is 2. The number of hydrogen-bond donors (Lipinski definition) is 0. The number of hydrogen-bond acceptors (Lipinski definition) is 4. The Hall–Kier alpha value is -0.910. The molecule has 116 valence electrons. The van der Waals surface area contributed by atoms with Crippen LogP contribution in [-0.2, 0) is 4.74 Å². The first-order chi connectivity index (χ1) is 10.1. The molecule has 1 unspecified atom stereocenters. The normalized spacial score (nSPS) is 26.7. The molecule has 2 fully saturated rings. The summed E-state index contributed by atoms with van der Waals surface area (Å²) >= 11 is 1.71. The molecule has 0 N–H and O–H groups in total. The van der Waals surface area contributed by atoms with Gasteiger partial charge in [0.1, 0.15) is 0 Å². The van der Waals surface area contributed by atoms with Crippen molar-refractivity contribution in [3.8, 4) is 0 Å². The molecule has 0 aromatic carbocycles. The van der Waals surface area contributed by atoms with Crippen LogP contribution in [-0.4, -0.2) is 60.6 Å². The van der Waals surface area contributed by atoms with Crippen LogP contribution in [0, 0.1) is 13.8 Å². The van der Waals surface area contributed by atoms with E-state index in [1.165, 1.54) is 4.88 Å². The van der Waals surface area contributed by atoms with Crippen LogP contribution >= 0.6 is 11.3 Å². The van der Waals surface area contributed by atoms with Gasteiger partial charge in [-0.3, -0.25) is 9.69 Å². The summed E-state index contributed by atoms with van der Waals surface area (Å²) in [6.07, 6.45) is 1.03. The molecule has 1 amide bonds. The fourth-order valence-electron chi connectivity index (χ4n) is 3.66. The zero-order valence-electron chi connectivity index (χ0n) is 13.1. The van der Waals surface area contributed by atoms with E-state index < -0.39 is 0 Å². The lowest BCUT2D eigenvalue weighted by atomic mass is 9.92. The Bertz CT molecular complexity index is 534. The predicted octanol–water partition coefficient (Wildman–Crippen LogP) is 2.30. The third kappa shape index (κ3) is 2.62.